The molecule has 166 valence electrons. The molecule has 2 heterocycles. The van der Waals surface area contributed by atoms with Gasteiger partial charge in [0.25, 0.3) is 5.91 Å². The zero-order valence-electron chi connectivity index (χ0n) is 18.0. The predicted molar refractivity (Wildman–Crippen MR) is 121 cm³/mol. The van der Waals surface area contributed by atoms with Crippen LogP contribution in [0.5, 0.6) is 0 Å². The van der Waals surface area contributed by atoms with Crippen molar-refractivity contribution in [3.8, 4) is 0 Å². The van der Waals surface area contributed by atoms with Gasteiger partial charge in [-0.2, -0.15) is 0 Å². The van der Waals surface area contributed by atoms with Crippen LogP contribution >= 0.6 is 0 Å². The Morgan fingerprint density at radius 2 is 1.97 bits per heavy atom. The maximum atomic E-state index is 12.7. The number of ether oxygens (including phenoxy) is 1. The minimum atomic E-state index is -3.29. The molecule has 7 nitrogen and oxygen atoms in total. The number of hydrogen-bond donors (Lipinski definition) is 1. The standard InChI is InChI=1S/C23H29N3O4S/c1-17-15-25(10-11-30-17)16-19-5-3-4-18(12-19)14-24-23(27)21-6-7-22-20(13-21)8-9-26(22)31(2,28)29/h3-7,12-13,17H,8-11,14-16H2,1-2H3,(H,24,27). The van der Waals surface area contributed by atoms with Gasteiger partial charge in [-0.1, -0.05) is 24.3 Å². The highest BCUT2D eigenvalue weighted by molar-refractivity contribution is 7.92. The monoisotopic (exact) mass is 443 g/mol. The lowest BCUT2D eigenvalue weighted by molar-refractivity contribution is -0.0212. The third-order valence-corrected chi connectivity index (χ3v) is 6.95. The molecule has 0 saturated carbocycles. The van der Waals surface area contributed by atoms with Gasteiger partial charge in [-0.3, -0.25) is 14.0 Å². The Kier molecular flexibility index (Phi) is 6.31. The first kappa shape index (κ1) is 21.8. The first-order valence-corrected chi connectivity index (χ1v) is 12.4. The highest BCUT2D eigenvalue weighted by Gasteiger charge is 2.26. The van der Waals surface area contributed by atoms with E-state index in [1.165, 1.54) is 16.1 Å². The lowest BCUT2D eigenvalue weighted by Gasteiger charge is -2.31. The summed E-state index contributed by atoms with van der Waals surface area (Å²) in [6.45, 7) is 6.45. The van der Waals surface area contributed by atoms with Gasteiger partial charge < -0.3 is 10.1 Å². The topological polar surface area (TPSA) is 79.0 Å². The van der Waals surface area contributed by atoms with Crippen molar-refractivity contribution in [2.45, 2.75) is 32.5 Å². The van der Waals surface area contributed by atoms with E-state index in [1.807, 2.05) is 12.1 Å². The average molecular weight is 444 g/mol. The van der Waals surface area contributed by atoms with Gasteiger partial charge in [0.1, 0.15) is 0 Å². The number of nitrogens with one attached hydrogen (secondary N) is 1. The number of anilines is 1. The van der Waals surface area contributed by atoms with Gasteiger partial charge in [-0.25, -0.2) is 8.42 Å². The number of sulfonamides is 1. The van der Waals surface area contributed by atoms with Crippen LogP contribution in [-0.4, -0.2) is 57.8 Å². The average Bonchev–Trinajstić information content (AvgIpc) is 3.16. The van der Waals surface area contributed by atoms with E-state index in [0.29, 0.717) is 30.8 Å². The van der Waals surface area contributed by atoms with Gasteiger partial charge in [0.05, 0.1) is 24.7 Å². The van der Waals surface area contributed by atoms with Crippen molar-refractivity contribution >= 4 is 21.6 Å². The summed E-state index contributed by atoms with van der Waals surface area (Å²) in [6, 6.07) is 13.5. The van der Waals surface area contributed by atoms with Crippen LogP contribution in [0.15, 0.2) is 42.5 Å². The fraction of sp³-hybridized carbons (Fsp3) is 0.435. The number of fused-ring (bicyclic) bond motifs is 1. The summed E-state index contributed by atoms with van der Waals surface area (Å²) in [5.41, 5.74) is 4.38. The molecular weight excluding hydrogens is 414 g/mol. The molecule has 0 aliphatic carbocycles. The van der Waals surface area contributed by atoms with Crippen LogP contribution in [-0.2, 0) is 34.3 Å². The molecule has 4 rings (SSSR count). The van der Waals surface area contributed by atoms with Gasteiger partial charge in [-0.15, -0.1) is 0 Å². The van der Waals surface area contributed by atoms with Crippen LogP contribution in [0.3, 0.4) is 0 Å². The fourth-order valence-electron chi connectivity index (χ4n) is 4.27. The van der Waals surface area contributed by atoms with Crippen LogP contribution in [0.4, 0.5) is 5.69 Å². The van der Waals surface area contributed by atoms with Crippen LogP contribution < -0.4 is 9.62 Å². The maximum absolute atomic E-state index is 12.7. The number of carbonyl (C=O) groups excluding carboxylic acids is 1. The molecule has 1 saturated heterocycles. The Morgan fingerprint density at radius 3 is 2.74 bits per heavy atom. The van der Waals surface area contributed by atoms with E-state index in [0.717, 1.165) is 37.4 Å². The summed E-state index contributed by atoms with van der Waals surface area (Å²) >= 11 is 0. The molecule has 2 aromatic rings. The zero-order chi connectivity index (χ0) is 22.0. The van der Waals surface area contributed by atoms with Gasteiger partial charge in [0.15, 0.2) is 0 Å². The summed E-state index contributed by atoms with van der Waals surface area (Å²) in [5, 5.41) is 2.98. The smallest absolute Gasteiger partial charge is 0.251 e. The lowest BCUT2D eigenvalue weighted by Crippen LogP contribution is -2.40. The summed E-state index contributed by atoms with van der Waals surface area (Å²) in [4.78, 5) is 15.1. The van der Waals surface area contributed by atoms with Crippen molar-refractivity contribution < 1.29 is 17.9 Å². The molecule has 1 N–H and O–H groups in total. The van der Waals surface area contributed by atoms with Crippen molar-refractivity contribution in [1.29, 1.82) is 0 Å². The maximum Gasteiger partial charge on any atom is 0.251 e. The number of benzene rings is 2. The van der Waals surface area contributed by atoms with Gasteiger partial charge in [0, 0.05) is 38.3 Å². The SMILES string of the molecule is CC1CN(Cc2cccc(CNC(=O)c3ccc4c(c3)CCN4S(C)(=O)=O)c2)CCO1. The summed E-state index contributed by atoms with van der Waals surface area (Å²) in [6.07, 6.45) is 2.08. The number of hydrogen-bond acceptors (Lipinski definition) is 5. The molecule has 31 heavy (non-hydrogen) atoms. The van der Waals surface area contributed by atoms with Crippen LogP contribution in [0.25, 0.3) is 0 Å². The van der Waals surface area contributed by atoms with E-state index in [1.54, 1.807) is 18.2 Å². The number of carbonyl (C=O) groups is 1. The Bertz CT molecular complexity index is 1070. The van der Waals surface area contributed by atoms with E-state index in [4.69, 9.17) is 4.74 Å². The molecule has 1 amide bonds. The molecule has 0 bridgehead atoms. The minimum Gasteiger partial charge on any atom is -0.376 e. The molecule has 0 spiro atoms. The zero-order valence-corrected chi connectivity index (χ0v) is 18.8. The number of rotatable bonds is 6. The molecule has 0 aromatic heterocycles. The van der Waals surface area contributed by atoms with Crippen molar-refractivity contribution in [2.75, 3.05) is 36.8 Å². The van der Waals surface area contributed by atoms with Crippen molar-refractivity contribution in [2.24, 2.45) is 0 Å². The van der Waals surface area contributed by atoms with Crippen LogP contribution in [0.1, 0.15) is 34.0 Å². The molecule has 1 unspecified atom stereocenters. The number of morpholine rings is 1. The second-order valence-electron chi connectivity index (χ2n) is 8.35. The molecule has 1 fully saturated rings. The third kappa shape index (κ3) is 5.26. The molecule has 0 radical (unpaired) electrons. The Labute approximate surface area is 184 Å². The van der Waals surface area contributed by atoms with Gasteiger partial charge in [-0.05, 0) is 48.2 Å². The van der Waals surface area contributed by atoms with Gasteiger partial charge >= 0.3 is 0 Å². The number of amides is 1. The molecule has 2 aromatic carbocycles. The predicted octanol–water partition coefficient (Wildman–Crippen LogP) is 2.16. The Morgan fingerprint density at radius 1 is 1.16 bits per heavy atom. The molecule has 2 aliphatic heterocycles. The first-order valence-electron chi connectivity index (χ1n) is 10.6. The second kappa shape index (κ2) is 8.98. The van der Waals surface area contributed by atoms with Crippen LogP contribution in [0, 0.1) is 0 Å². The highest BCUT2D eigenvalue weighted by Crippen LogP contribution is 2.30. The Balaban J connectivity index is 1.37. The fourth-order valence-corrected chi connectivity index (χ4v) is 5.23. The highest BCUT2D eigenvalue weighted by atomic mass is 32.2. The quantitative estimate of drug-likeness (QED) is 0.740. The molecular formula is C23H29N3O4S. The molecule has 2 aliphatic rings. The van der Waals surface area contributed by atoms with Crippen molar-refractivity contribution in [3.05, 3.63) is 64.7 Å². The van der Waals surface area contributed by atoms with E-state index in [2.05, 4.69) is 29.3 Å². The largest absolute Gasteiger partial charge is 0.376 e. The van der Waals surface area contributed by atoms with E-state index in [9.17, 15) is 13.2 Å². The van der Waals surface area contributed by atoms with E-state index < -0.39 is 10.0 Å². The van der Waals surface area contributed by atoms with Crippen molar-refractivity contribution in [1.82, 2.24) is 10.2 Å². The molecule has 1 atom stereocenters. The minimum absolute atomic E-state index is 0.159. The number of nitrogens with zero attached hydrogens (tertiary/aromatic N) is 2. The van der Waals surface area contributed by atoms with E-state index >= 15 is 0 Å². The third-order valence-electron chi connectivity index (χ3n) is 5.77. The van der Waals surface area contributed by atoms with E-state index in [-0.39, 0.29) is 12.0 Å². The summed E-state index contributed by atoms with van der Waals surface area (Å²) < 4.78 is 30.8. The van der Waals surface area contributed by atoms with Gasteiger partial charge in [0.2, 0.25) is 10.0 Å². The first-order chi connectivity index (χ1) is 14.8. The second-order valence-corrected chi connectivity index (χ2v) is 10.3. The summed E-state index contributed by atoms with van der Waals surface area (Å²) in [5.74, 6) is -0.159. The molecule has 8 heteroatoms. The van der Waals surface area contributed by atoms with Crippen molar-refractivity contribution in [3.63, 3.8) is 0 Å². The lowest BCUT2D eigenvalue weighted by atomic mass is 10.1. The Hall–Kier alpha value is -2.42. The van der Waals surface area contributed by atoms with Crippen LogP contribution in [0.2, 0.25) is 0 Å². The summed E-state index contributed by atoms with van der Waals surface area (Å²) in [7, 11) is -3.29. The normalized spacial score (nSPS) is 19.3.